The normalized spacial score (nSPS) is 21.8. The zero-order valence-corrected chi connectivity index (χ0v) is 12.8. The van der Waals surface area contributed by atoms with Crippen LogP contribution in [0.5, 0.6) is 0 Å². The first-order chi connectivity index (χ1) is 9.52. The van der Waals surface area contributed by atoms with E-state index in [9.17, 15) is 4.79 Å². The Morgan fingerprint density at radius 1 is 1.45 bits per heavy atom. The highest BCUT2D eigenvalue weighted by atomic mass is 35.5. The lowest BCUT2D eigenvalue weighted by molar-refractivity contribution is -0.120. The molecule has 0 heterocycles. The molecule has 1 fully saturated rings. The fraction of sp³-hybridized carbons (Fsp3) is 0.533. The van der Waals surface area contributed by atoms with Crippen molar-refractivity contribution in [3.8, 4) is 0 Å². The molecule has 0 aromatic heterocycles. The van der Waals surface area contributed by atoms with Crippen LogP contribution in [-0.2, 0) is 4.79 Å². The molecule has 0 bridgehead atoms. The fourth-order valence-electron chi connectivity index (χ4n) is 2.89. The average molecular weight is 296 g/mol. The van der Waals surface area contributed by atoms with Crippen LogP contribution in [0.2, 0.25) is 5.02 Å². The van der Waals surface area contributed by atoms with E-state index < -0.39 is 0 Å². The van der Waals surface area contributed by atoms with Crippen LogP contribution >= 0.6 is 11.6 Å². The molecule has 3 N–H and O–H groups in total. The molecule has 0 unspecified atom stereocenters. The third kappa shape index (κ3) is 3.25. The van der Waals surface area contributed by atoms with Gasteiger partial charge in [-0.15, -0.1) is 0 Å². The van der Waals surface area contributed by atoms with Crippen LogP contribution < -0.4 is 16.0 Å². The van der Waals surface area contributed by atoms with Crippen molar-refractivity contribution in [2.45, 2.75) is 19.3 Å². The molecule has 1 amide bonds. The van der Waals surface area contributed by atoms with Gasteiger partial charge < -0.3 is 16.0 Å². The number of rotatable bonds is 4. The molecule has 20 heavy (non-hydrogen) atoms. The lowest BCUT2D eigenvalue weighted by Gasteiger charge is -2.21. The highest BCUT2D eigenvalue weighted by Crippen LogP contribution is 2.34. The summed E-state index contributed by atoms with van der Waals surface area (Å²) in [6.45, 7) is 0.578. The highest BCUT2D eigenvalue weighted by molar-refractivity contribution is 6.31. The number of carbonyl (C=O) groups is 1. The molecule has 2 rings (SSSR count). The maximum absolute atomic E-state index is 12.4. The second-order valence-corrected chi connectivity index (χ2v) is 6.01. The number of hydrogen-bond acceptors (Lipinski definition) is 3. The number of benzene rings is 1. The molecular formula is C15H22ClN3O. The van der Waals surface area contributed by atoms with Crippen molar-refractivity contribution in [1.29, 1.82) is 0 Å². The van der Waals surface area contributed by atoms with Gasteiger partial charge >= 0.3 is 0 Å². The number of anilines is 2. The molecule has 5 heteroatoms. The molecule has 2 atom stereocenters. The Hall–Kier alpha value is -1.26. The van der Waals surface area contributed by atoms with E-state index in [2.05, 4.69) is 5.32 Å². The summed E-state index contributed by atoms with van der Waals surface area (Å²) in [6.07, 6.45) is 3.05. The van der Waals surface area contributed by atoms with Crippen molar-refractivity contribution in [3.63, 3.8) is 0 Å². The van der Waals surface area contributed by atoms with Crippen LogP contribution in [0.25, 0.3) is 0 Å². The SMILES string of the molecule is CN(C)c1ccc(Cl)cc1NC(=O)[C@@H]1CCC[C@@H]1CN. The van der Waals surface area contributed by atoms with Gasteiger partial charge in [-0.25, -0.2) is 0 Å². The first-order valence-corrected chi connectivity index (χ1v) is 7.38. The molecule has 0 radical (unpaired) electrons. The molecule has 1 aromatic carbocycles. The summed E-state index contributed by atoms with van der Waals surface area (Å²) in [4.78, 5) is 14.4. The van der Waals surface area contributed by atoms with Gasteiger partial charge in [0.25, 0.3) is 0 Å². The van der Waals surface area contributed by atoms with Gasteiger partial charge in [0.1, 0.15) is 0 Å². The zero-order valence-electron chi connectivity index (χ0n) is 12.0. The summed E-state index contributed by atoms with van der Waals surface area (Å²) in [5.74, 6) is 0.384. The minimum atomic E-state index is 0.0222. The van der Waals surface area contributed by atoms with E-state index >= 15 is 0 Å². The maximum atomic E-state index is 12.4. The summed E-state index contributed by atoms with van der Waals surface area (Å²) in [5.41, 5.74) is 7.46. The van der Waals surface area contributed by atoms with Crippen molar-refractivity contribution in [1.82, 2.24) is 0 Å². The number of nitrogens with one attached hydrogen (secondary N) is 1. The molecule has 1 aliphatic carbocycles. The summed E-state index contributed by atoms with van der Waals surface area (Å²) < 4.78 is 0. The van der Waals surface area contributed by atoms with Crippen molar-refractivity contribution in [2.24, 2.45) is 17.6 Å². The first kappa shape index (κ1) is 15.1. The number of amides is 1. The van der Waals surface area contributed by atoms with Crippen molar-refractivity contribution >= 4 is 28.9 Å². The predicted octanol–water partition coefficient (Wildman–Crippen LogP) is 2.72. The largest absolute Gasteiger partial charge is 0.376 e. The van der Waals surface area contributed by atoms with E-state index in [1.165, 1.54) is 0 Å². The van der Waals surface area contributed by atoms with Gasteiger partial charge in [-0.3, -0.25) is 4.79 Å². The second-order valence-electron chi connectivity index (χ2n) is 5.58. The third-order valence-electron chi connectivity index (χ3n) is 4.00. The van der Waals surface area contributed by atoms with Crippen LogP contribution in [0, 0.1) is 11.8 Å². The quantitative estimate of drug-likeness (QED) is 0.898. The lowest BCUT2D eigenvalue weighted by atomic mass is 9.95. The second kappa shape index (κ2) is 6.46. The Kier molecular flexibility index (Phi) is 4.89. The predicted molar refractivity (Wildman–Crippen MR) is 84.3 cm³/mol. The Morgan fingerprint density at radius 2 is 2.20 bits per heavy atom. The standard InChI is InChI=1S/C15H22ClN3O/c1-19(2)14-7-6-11(16)8-13(14)18-15(20)12-5-3-4-10(12)9-17/h6-8,10,12H,3-5,9,17H2,1-2H3,(H,18,20)/t10-,12-/m1/s1. The van der Waals surface area contributed by atoms with E-state index in [1.54, 1.807) is 6.07 Å². The number of halogens is 1. The Balaban J connectivity index is 2.17. The summed E-state index contributed by atoms with van der Waals surface area (Å²) >= 11 is 6.03. The molecule has 1 aromatic rings. The van der Waals surface area contributed by atoms with E-state index in [1.807, 2.05) is 31.1 Å². The van der Waals surface area contributed by atoms with Crippen molar-refractivity contribution < 1.29 is 4.79 Å². The van der Waals surface area contributed by atoms with Crippen LogP contribution in [0.4, 0.5) is 11.4 Å². The van der Waals surface area contributed by atoms with E-state index in [0.717, 1.165) is 30.6 Å². The average Bonchev–Trinajstić information content (AvgIpc) is 2.86. The maximum Gasteiger partial charge on any atom is 0.227 e. The molecule has 0 aliphatic heterocycles. The molecule has 1 saturated carbocycles. The molecule has 0 spiro atoms. The first-order valence-electron chi connectivity index (χ1n) is 7.00. The minimum Gasteiger partial charge on any atom is -0.376 e. The monoisotopic (exact) mass is 295 g/mol. The van der Waals surface area contributed by atoms with Crippen LogP contribution in [-0.4, -0.2) is 26.5 Å². The minimum absolute atomic E-state index is 0.0222. The van der Waals surface area contributed by atoms with Gasteiger partial charge in [0, 0.05) is 25.0 Å². The van der Waals surface area contributed by atoms with Crippen molar-refractivity contribution in [2.75, 3.05) is 30.9 Å². The molecular weight excluding hydrogens is 274 g/mol. The lowest BCUT2D eigenvalue weighted by Crippen LogP contribution is -2.30. The van der Waals surface area contributed by atoms with Gasteiger partial charge in [0.15, 0.2) is 0 Å². The van der Waals surface area contributed by atoms with Gasteiger partial charge in [-0.2, -0.15) is 0 Å². The summed E-state index contributed by atoms with van der Waals surface area (Å²) in [6, 6.07) is 5.53. The number of nitrogens with zero attached hydrogens (tertiary/aromatic N) is 1. The number of carbonyl (C=O) groups excluding carboxylic acids is 1. The Bertz CT molecular complexity index is 490. The van der Waals surface area contributed by atoms with E-state index in [4.69, 9.17) is 17.3 Å². The third-order valence-corrected chi connectivity index (χ3v) is 4.23. The molecule has 1 aliphatic rings. The fourth-order valence-corrected chi connectivity index (χ4v) is 3.06. The molecule has 0 saturated heterocycles. The Labute approximate surface area is 125 Å². The van der Waals surface area contributed by atoms with Gasteiger partial charge in [-0.05, 0) is 43.5 Å². The van der Waals surface area contributed by atoms with Gasteiger partial charge in [0.05, 0.1) is 11.4 Å². The van der Waals surface area contributed by atoms with Crippen LogP contribution in [0.15, 0.2) is 18.2 Å². The van der Waals surface area contributed by atoms with Gasteiger partial charge in [-0.1, -0.05) is 18.0 Å². The highest BCUT2D eigenvalue weighted by Gasteiger charge is 2.32. The topological polar surface area (TPSA) is 58.4 Å². The van der Waals surface area contributed by atoms with Crippen molar-refractivity contribution in [3.05, 3.63) is 23.2 Å². The Morgan fingerprint density at radius 3 is 2.85 bits per heavy atom. The van der Waals surface area contributed by atoms with Crippen LogP contribution in [0.3, 0.4) is 0 Å². The molecule has 4 nitrogen and oxygen atoms in total. The number of nitrogens with two attached hydrogens (primary N) is 1. The zero-order chi connectivity index (χ0) is 14.7. The molecule has 110 valence electrons. The van der Waals surface area contributed by atoms with Crippen LogP contribution in [0.1, 0.15) is 19.3 Å². The van der Waals surface area contributed by atoms with E-state index in [0.29, 0.717) is 17.5 Å². The smallest absolute Gasteiger partial charge is 0.227 e. The summed E-state index contributed by atoms with van der Waals surface area (Å²) in [5, 5.41) is 3.64. The summed E-state index contributed by atoms with van der Waals surface area (Å²) in [7, 11) is 3.88. The van der Waals surface area contributed by atoms with Gasteiger partial charge in [0.2, 0.25) is 5.91 Å². The van der Waals surface area contributed by atoms with E-state index in [-0.39, 0.29) is 11.8 Å². The number of hydrogen-bond donors (Lipinski definition) is 2.